The van der Waals surface area contributed by atoms with Gasteiger partial charge in [0.2, 0.25) is 5.78 Å². The first-order valence-corrected chi connectivity index (χ1v) is 4.37. The molecule has 0 saturated heterocycles. The highest BCUT2D eigenvalue weighted by Crippen LogP contribution is 2.37. The molecule has 0 aromatic rings. The number of carbonyl (C=O) groups excluding carboxylic acids is 2. The molecule has 0 bridgehead atoms. The van der Waals surface area contributed by atoms with Crippen LogP contribution in [0.15, 0.2) is 0 Å². The molecule has 1 fully saturated rings. The van der Waals surface area contributed by atoms with E-state index in [1.807, 2.05) is 0 Å². The van der Waals surface area contributed by atoms with E-state index < -0.39 is 5.97 Å². The summed E-state index contributed by atoms with van der Waals surface area (Å²) in [6.45, 7) is 3.78. The molecule has 0 radical (unpaired) electrons. The van der Waals surface area contributed by atoms with E-state index in [0.717, 1.165) is 12.8 Å². The smallest absolute Gasteiger partial charge is 0.374 e. The van der Waals surface area contributed by atoms with Crippen molar-refractivity contribution in [3.63, 3.8) is 0 Å². The van der Waals surface area contributed by atoms with E-state index in [9.17, 15) is 9.59 Å². The van der Waals surface area contributed by atoms with Crippen LogP contribution in [0.1, 0.15) is 26.7 Å². The molecule has 1 atom stereocenters. The third kappa shape index (κ3) is 2.06. The Kier molecular flexibility index (Phi) is 2.84. The van der Waals surface area contributed by atoms with E-state index in [-0.39, 0.29) is 18.3 Å². The zero-order valence-electron chi connectivity index (χ0n) is 7.50. The molecule has 3 heteroatoms. The molecule has 1 saturated carbocycles. The number of esters is 1. The van der Waals surface area contributed by atoms with Gasteiger partial charge in [0.05, 0.1) is 6.61 Å². The zero-order chi connectivity index (χ0) is 9.14. The first kappa shape index (κ1) is 9.23. The molecule has 0 aromatic carbocycles. The SMILES string of the molecule is CCOC(=O)C(=O)C(C)C1CC1. The molecule has 3 nitrogen and oxygen atoms in total. The van der Waals surface area contributed by atoms with Gasteiger partial charge in [-0.15, -0.1) is 0 Å². The van der Waals surface area contributed by atoms with Gasteiger partial charge in [-0.1, -0.05) is 6.92 Å². The van der Waals surface area contributed by atoms with Crippen LogP contribution in [0.3, 0.4) is 0 Å². The average molecular weight is 170 g/mol. The van der Waals surface area contributed by atoms with Crippen LogP contribution in [-0.2, 0) is 14.3 Å². The van der Waals surface area contributed by atoms with Gasteiger partial charge in [0, 0.05) is 5.92 Å². The van der Waals surface area contributed by atoms with Crippen LogP contribution in [0.25, 0.3) is 0 Å². The van der Waals surface area contributed by atoms with Gasteiger partial charge in [-0.2, -0.15) is 0 Å². The van der Waals surface area contributed by atoms with Crippen LogP contribution in [0, 0.1) is 11.8 Å². The number of Topliss-reactive ketones (excluding diaryl/α,β-unsaturated/α-hetero) is 1. The summed E-state index contributed by atoms with van der Waals surface area (Å²) in [7, 11) is 0. The van der Waals surface area contributed by atoms with E-state index in [1.165, 1.54) is 0 Å². The Bertz CT molecular complexity index is 194. The molecule has 1 unspecified atom stereocenters. The second-order valence-electron chi connectivity index (χ2n) is 3.21. The standard InChI is InChI=1S/C9H14O3/c1-3-12-9(11)8(10)6(2)7-4-5-7/h6-7H,3-5H2,1-2H3. The van der Waals surface area contributed by atoms with Crippen molar-refractivity contribution < 1.29 is 14.3 Å². The van der Waals surface area contributed by atoms with E-state index in [1.54, 1.807) is 13.8 Å². The fourth-order valence-electron chi connectivity index (χ4n) is 1.20. The van der Waals surface area contributed by atoms with E-state index in [2.05, 4.69) is 4.74 Å². The summed E-state index contributed by atoms with van der Waals surface area (Å²) >= 11 is 0. The Balaban J connectivity index is 2.39. The molecule has 0 aromatic heterocycles. The second-order valence-corrected chi connectivity index (χ2v) is 3.21. The number of hydrogen-bond acceptors (Lipinski definition) is 3. The lowest BCUT2D eigenvalue weighted by atomic mass is 10.0. The Morgan fingerprint density at radius 2 is 2.08 bits per heavy atom. The third-order valence-corrected chi connectivity index (χ3v) is 2.22. The van der Waals surface area contributed by atoms with E-state index in [0.29, 0.717) is 5.92 Å². The monoisotopic (exact) mass is 170 g/mol. The Morgan fingerprint density at radius 1 is 1.50 bits per heavy atom. The van der Waals surface area contributed by atoms with Crippen molar-refractivity contribution in [2.45, 2.75) is 26.7 Å². The molecule has 1 aliphatic rings. The second kappa shape index (κ2) is 3.70. The summed E-state index contributed by atoms with van der Waals surface area (Å²) in [5.41, 5.74) is 0. The van der Waals surface area contributed by atoms with Crippen LogP contribution in [0.5, 0.6) is 0 Å². The first-order valence-electron chi connectivity index (χ1n) is 4.37. The van der Waals surface area contributed by atoms with Crippen LogP contribution in [-0.4, -0.2) is 18.4 Å². The van der Waals surface area contributed by atoms with Gasteiger partial charge in [0.15, 0.2) is 0 Å². The van der Waals surface area contributed by atoms with Crippen LogP contribution < -0.4 is 0 Å². The molecule has 0 N–H and O–H groups in total. The topological polar surface area (TPSA) is 43.4 Å². The molecular formula is C9H14O3. The number of hydrogen-bond donors (Lipinski definition) is 0. The fraction of sp³-hybridized carbons (Fsp3) is 0.778. The molecule has 68 valence electrons. The van der Waals surface area contributed by atoms with Crippen molar-refractivity contribution in [2.75, 3.05) is 6.61 Å². The summed E-state index contributed by atoms with van der Waals surface area (Å²) < 4.78 is 4.61. The summed E-state index contributed by atoms with van der Waals surface area (Å²) in [5.74, 6) is -0.734. The Hall–Kier alpha value is -0.860. The van der Waals surface area contributed by atoms with Gasteiger partial charge in [0.1, 0.15) is 0 Å². The minimum atomic E-state index is -0.670. The quantitative estimate of drug-likeness (QED) is 0.469. The van der Waals surface area contributed by atoms with Crippen LogP contribution >= 0.6 is 0 Å². The average Bonchev–Trinajstić information content (AvgIpc) is 2.84. The normalized spacial score (nSPS) is 18.5. The maximum Gasteiger partial charge on any atom is 0.374 e. The molecule has 0 amide bonds. The van der Waals surface area contributed by atoms with E-state index in [4.69, 9.17) is 0 Å². The predicted molar refractivity (Wildman–Crippen MR) is 43.5 cm³/mol. The molecule has 1 aliphatic carbocycles. The highest BCUT2D eigenvalue weighted by molar-refractivity contribution is 6.34. The molecule has 0 spiro atoms. The number of ether oxygens (including phenoxy) is 1. The molecule has 0 aliphatic heterocycles. The van der Waals surface area contributed by atoms with Gasteiger partial charge in [0.25, 0.3) is 0 Å². The Morgan fingerprint density at radius 3 is 2.50 bits per heavy atom. The third-order valence-electron chi connectivity index (χ3n) is 2.22. The number of ketones is 1. The van der Waals surface area contributed by atoms with E-state index >= 15 is 0 Å². The lowest BCUT2D eigenvalue weighted by Gasteiger charge is -2.06. The maximum atomic E-state index is 11.2. The van der Waals surface area contributed by atoms with Gasteiger partial charge >= 0.3 is 5.97 Å². The largest absolute Gasteiger partial charge is 0.460 e. The summed E-state index contributed by atoms with van der Waals surface area (Å²) in [4.78, 5) is 22.2. The maximum absolute atomic E-state index is 11.2. The minimum absolute atomic E-state index is 0.135. The van der Waals surface area contributed by atoms with Crippen molar-refractivity contribution in [3.05, 3.63) is 0 Å². The first-order chi connectivity index (χ1) is 5.66. The minimum Gasteiger partial charge on any atom is -0.460 e. The summed E-state index contributed by atoms with van der Waals surface area (Å²) in [6, 6.07) is 0. The van der Waals surface area contributed by atoms with Gasteiger partial charge in [-0.3, -0.25) is 4.79 Å². The van der Waals surface area contributed by atoms with Crippen molar-refractivity contribution in [1.29, 1.82) is 0 Å². The van der Waals surface area contributed by atoms with Crippen LogP contribution in [0.4, 0.5) is 0 Å². The van der Waals surface area contributed by atoms with Crippen molar-refractivity contribution >= 4 is 11.8 Å². The van der Waals surface area contributed by atoms with Gasteiger partial charge in [-0.25, -0.2) is 4.79 Å². The highest BCUT2D eigenvalue weighted by Gasteiger charge is 2.35. The van der Waals surface area contributed by atoms with Crippen molar-refractivity contribution in [2.24, 2.45) is 11.8 Å². The summed E-state index contributed by atoms with van der Waals surface area (Å²) in [6.07, 6.45) is 2.15. The molecule has 0 heterocycles. The predicted octanol–water partition coefficient (Wildman–Crippen LogP) is 1.16. The lowest BCUT2D eigenvalue weighted by Crippen LogP contribution is -2.25. The van der Waals surface area contributed by atoms with Crippen molar-refractivity contribution in [3.8, 4) is 0 Å². The van der Waals surface area contributed by atoms with Gasteiger partial charge < -0.3 is 4.74 Å². The number of carbonyl (C=O) groups is 2. The van der Waals surface area contributed by atoms with Gasteiger partial charge in [-0.05, 0) is 25.7 Å². The van der Waals surface area contributed by atoms with Crippen LogP contribution in [0.2, 0.25) is 0 Å². The molecular weight excluding hydrogens is 156 g/mol. The zero-order valence-corrected chi connectivity index (χ0v) is 7.50. The Labute approximate surface area is 72.1 Å². The lowest BCUT2D eigenvalue weighted by molar-refractivity contribution is -0.155. The number of rotatable bonds is 4. The molecule has 1 rings (SSSR count). The highest BCUT2D eigenvalue weighted by atomic mass is 16.5. The fourth-order valence-corrected chi connectivity index (χ4v) is 1.20. The van der Waals surface area contributed by atoms with Crippen molar-refractivity contribution in [1.82, 2.24) is 0 Å². The molecule has 12 heavy (non-hydrogen) atoms. The summed E-state index contributed by atoms with van der Waals surface area (Å²) in [5, 5.41) is 0.